The lowest BCUT2D eigenvalue weighted by Gasteiger charge is -2.26. The number of rotatable bonds is 9. The fourth-order valence-corrected chi connectivity index (χ4v) is 2.00. The van der Waals surface area contributed by atoms with Crippen LogP contribution in [0.5, 0.6) is 0 Å². The minimum absolute atomic E-state index is 0.581. The van der Waals surface area contributed by atoms with Gasteiger partial charge in [0.2, 0.25) is 0 Å². The summed E-state index contributed by atoms with van der Waals surface area (Å²) in [5.74, 6) is 0.917. The Morgan fingerprint density at radius 3 is 2.13 bits per heavy atom. The van der Waals surface area contributed by atoms with Gasteiger partial charge in [-0.15, -0.1) is 0 Å². The van der Waals surface area contributed by atoms with Crippen molar-refractivity contribution in [3.63, 3.8) is 0 Å². The van der Waals surface area contributed by atoms with E-state index in [0.717, 1.165) is 5.92 Å². The highest BCUT2D eigenvalue weighted by molar-refractivity contribution is 4.70. The van der Waals surface area contributed by atoms with Crippen molar-refractivity contribution in [2.45, 2.75) is 86.0 Å². The fraction of sp³-hybridized carbons (Fsp3) is 1.00. The molecule has 0 aromatic rings. The number of unbranched alkanes of at least 4 members (excludes halogenated alkanes) is 3. The van der Waals surface area contributed by atoms with Crippen LogP contribution in [0.3, 0.4) is 0 Å². The van der Waals surface area contributed by atoms with E-state index >= 15 is 0 Å². The number of hydrogen-bond acceptors (Lipinski definition) is 0. The zero-order valence-corrected chi connectivity index (χ0v) is 11.7. The second-order valence-electron chi connectivity index (χ2n) is 6.03. The summed E-state index contributed by atoms with van der Waals surface area (Å²) in [4.78, 5) is 0. The number of hydrogen-bond donors (Lipinski definition) is 0. The molecule has 0 rings (SSSR count). The highest BCUT2D eigenvalue weighted by atomic mass is 14.2. The van der Waals surface area contributed by atoms with Crippen molar-refractivity contribution in [1.29, 1.82) is 0 Å². The van der Waals surface area contributed by atoms with Gasteiger partial charge >= 0.3 is 0 Å². The molecule has 1 unspecified atom stereocenters. The Morgan fingerprint density at radius 1 is 0.933 bits per heavy atom. The third-order valence-electron chi connectivity index (χ3n) is 3.72. The van der Waals surface area contributed by atoms with E-state index in [1.807, 2.05) is 0 Å². The Kier molecular flexibility index (Phi) is 8.19. The van der Waals surface area contributed by atoms with E-state index in [2.05, 4.69) is 34.6 Å². The largest absolute Gasteiger partial charge is 0.0654 e. The Morgan fingerprint density at radius 2 is 1.60 bits per heavy atom. The molecule has 0 aliphatic rings. The normalized spacial score (nSPS) is 14.2. The van der Waals surface area contributed by atoms with Crippen LogP contribution in [0.25, 0.3) is 0 Å². The molecular weight excluding hydrogens is 180 g/mol. The summed E-state index contributed by atoms with van der Waals surface area (Å²) in [5, 5.41) is 0. The molecule has 0 spiro atoms. The highest BCUT2D eigenvalue weighted by Crippen LogP contribution is 2.31. The maximum absolute atomic E-state index is 2.45. The van der Waals surface area contributed by atoms with Gasteiger partial charge in [0, 0.05) is 0 Å². The molecule has 0 saturated carbocycles. The Bertz CT molecular complexity index is 135. The molecule has 0 amide bonds. The van der Waals surface area contributed by atoms with Crippen LogP contribution in [0.15, 0.2) is 0 Å². The Labute approximate surface area is 97.8 Å². The van der Waals surface area contributed by atoms with Crippen LogP contribution in [0.1, 0.15) is 86.0 Å². The minimum atomic E-state index is 0.581. The van der Waals surface area contributed by atoms with Crippen LogP contribution in [0.4, 0.5) is 0 Å². The van der Waals surface area contributed by atoms with Gasteiger partial charge in [-0.1, -0.05) is 73.1 Å². The van der Waals surface area contributed by atoms with Crippen molar-refractivity contribution in [1.82, 2.24) is 0 Å². The van der Waals surface area contributed by atoms with Crippen LogP contribution in [-0.2, 0) is 0 Å². The van der Waals surface area contributed by atoms with Gasteiger partial charge < -0.3 is 0 Å². The van der Waals surface area contributed by atoms with E-state index in [-0.39, 0.29) is 0 Å². The standard InChI is InChI=1S/C15H32/c1-6-8-9-10-12-15(4,5)13-11-14(3)7-2/h14H,6-13H2,1-5H3. The van der Waals surface area contributed by atoms with E-state index in [0.29, 0.717) is 5.41 Å². The third-order valence-corrected chi connectivity index (χ3v) is 3.72. The molecular formula is C15H32. The first-order valence-corrected chi connectivity index (χ1v) is 7.02. The lowest BCUT2D eigenvalue weighted by molar-refractivity contribution is 0.265. The molecule has 0 radical (unpaired) electrons. The zero-order chi connectivity index (χ0) is 11.7. The summed E-state index contributed by atoms with van der Waals surface area (Å²) in [6, 6.07) is 0. The molecule has 0 N–H and O–H groups in total. The molecule has 1 atom stereocenters. The topological polar surface area (TPSA) is 0 Å². The monoisotopic (exact) mass is 212 g/mol. The molecule has 0 aromatic carbocycles. The quantitative estimate of drug-likeness (QED) is 0.423. The van der Waals surface area contributed by atoms with E-state index < -0.39 is 0 Å². The van der Waals surface area contributed by atoms with Crippen LogP contribution in [0.2, 0.25) is 0 Å². The van der Waals surface area contributed by atoms with Gasteiger partial charge in [0.15, 0.2) is 0 Å². The first kappa shape index (κ1) is 15.0. The van der Waals surface area contributed by atoms with E-state index in [1.165, 1.54) is 51.4 Å². The van der Waals surface area contributed by atoms with Crippen molar-refractivity contribution in [3.05, 3.63) is 0 Å². The van der Waals surface area contributed by atoms with Crippen molar-refractivity contribution in [2.75, 3.05) is 0 Å². The van der Waals surface area contributed by atoms with Gasteiger partial charge in [0.1, 0.15) is 0 Å². The van der Waals surface area contributed by atoms with Gasteiger partial charge in [-0.05, 0) is 24.2 Å². The highest BCUT2D eigenvalue weighted by Gasteiger charge is 2.17. The van der Waals surface area contributed by atoms with Gasteiger partial charge in [0.25, 0.3) is 0 Å². The Hall–Kier alpha value is 0. The smallest absolute Gasteiger partial charge is 0.0354 e. The fourth-order valence-electron chi connectivity index (χ4n) is 2.00. The molecule has 0 aliphatic carbocycles. The maximum atomic E-state index is 2.45. The summed E-state index contributed by atoms with van der Waals surface area (Å²) in [6.07, 6.45) is 11.2. The molecule has 0 fully saturated rings. The summed E-state index contributed by atoms with van der Waals surface area (Å²) in [7, 11) is 0. The van der Waals surface area contributed by atoms with Gasteiger partial charge in [-0.3, -0.25) is 0 Å². The van der Waals surface area contributed by atoms with Crippen LogP contribution >= 0.6 is 0 Å². The third kappa shape index (κ3) is 8.96. The van der Waals surface area contributed by atoms with E-state index in [1.54, 1.807) is 0 Å². The lowest BCUT2D eigenvalue weighted by Crippen LogP contribution is -2.12. The van der Waals surface area contributed by atoms with Gasteiger partial charge in [0.05, 0.1) is 0 Å². The maximum Gasteiger partial charge on any atom is -0.0354 e. The molecule has 0 heterocycles. The molecule has 0 bridgehead atoms. The van der Waals surface area contributed by atoms with Crippen LogP contribution in [0, 0.1) is 11.3 Å². The molecule has 0 nitrogen and oxygen atoms in total. The van der Waals surface area contributed by atoms with E-state index in [9.17, 15) is 0 Å². The molecule has 0 aromatic heterocycles. The summed E-state index contributed by atoms with van der Waals surface area (Å²) < 4.78 is 0. The molecule has 0 saturated heterocycles. The summed E-state index contributed by atoms with van der Waals surface area (Å²) >= 11 is 0. The first-order valence-electron chi connectivity index (χ1n) is 7.02. The minimum Gasteiger partial charge on any atom is -0.0654 e. The molecule has 92 valence electrons. The zero-order valence-electron chi connectivity index (χ0n) is 11.7. The van der Waals surface area contributed by atoms with Crippen molar-refractivity contribution in [2.24, 2.45) is 11.3 Å². The summed E-state index contributed by atoms with van der Waals surface area (Å²) in [6.45, 7) is 11.9. The first-order chi connectivity index (χ1) is 7.02. The van der Waals surface area contributed by atoms with Crippen molar-refractivity contribution < 1.29 is 0 Å². The lowest BCUT2D eigenvalue weighted by atomic mass is 9.80. The SMILES string of the molecule is CCCCCCC(C)(C)CCC(C)CC. The second kappa shape index (κ2) is 8.19. The summed E-state index contributed by atoms with van der Waals surface area (Å²) in [5.41, 5.74) is 0.581. The van der Waals surface area contributed by atoms with Crippen molar-refractivity contribution in [3.8, 4) is 0 Å². The van der Waals surface area contributed by atoms with Gasteiger partial charge in [-0.25, -0.2) is 0 Å². The Balaban J connectivity index is 3.57. The van der Waals surface area contributed by atoms with Crippen LogP contribution in [-0.4, -0.2) is 0 Å². The predicted octanol–water partition coefficient (Wildman–Crippen LogP) is 5.81. The second-order valence-corrected chi connectivity index (χ2v) is 6.03. The molecule has 15 heavy (non-hydrogen) atoms. The average Bonchev–Trinajstić information content (AvgIpc) is 2.21. The van der Waals surface area contributed by atoms with Crippen molar-refractivity contribution >= 4 is 0 Å². The van der Waals surface area contributed by atoms with E-state index in [4.69, 9.17) is 0 Å². The molecule has 0 aliphatic heterocycles. The predicted molar refractivity (Wildman–Crippen MR) is 71.2 cm³/mol. The van der Waals surface area contributed by atoms with Crippen LogP contribution < -0.4 is 0 Å². The van der Waals surface area contributed by atoms with Gasteiger partial charge in [-0.2, -0.15) is 0 Å². The average molecular weight is 212 g/mol. The molecule has 0 heteroatoms.